The van der Waals surface area contributed by atoms with Crippen LogP contribution in [-0.2, 0) is 10.2 Å². The molecule has 15 heteroatoms. The van der Waals surface area contributed by atoms with Crippen molar-refractivity contribution in [3.05, 3.63) is 57.2 Å². The fourth-order valence-corrected chi connectivity index (χ4v) is 4.59. The van der Waals surface area contributed by atoms with E-state index in [9.17, 15) is 13.6 Å². The van der Waals surface area contributed by atoms with Crippen LogP contribution in [-0.4, -0.2) is 49.0 Å². The second kappa shape index (κ2) is 10.6. The number of amides is 1. The zero-order valence-corrected chi connectivity index (χ0v) is 21.6. The predicted octanol–water partition coefficient (Wildman–Crippen LogP) is 5.83. The van der Waals surface area contributed by atoms with Crippen molar-refractivity contribution in [3.8, 4) is 5.88 Å². The van der Waals surface area contributed by atoms with Gasteiger partial charge in [0.25, 0.3) is 0 Å². The molecule has 0 aromatic carbocycles. The van der Waals surface area contributed by atoms with E-state index in [1.165, 1.54) is 12.3 Å². The Morgan fingerprint density at radius 2 is 2.03 bits per heavy atom. The van der Waals surface area contributed by atoms with Gasteiger partial charge in [0.05, 0.1) is 23.5 Å². The molecule has 1 aliphatic rings. The number of halogens is 5. The second-order valence-corrected chi connectivity index (χ2v) is 9.75. The van der Waals surface area contributed by atoms with Crippen molar-refractivity contribution in [3.63, 3.8) is 0 Å². The lowest BCUT2D eigenvalue weighted by molar-refractivity contribution is -0.117. The Labute approximate surface area is 224 Å². The minimum Gasteiger partial charge on any atom is -0.415 e. The Hall–Kier alpha value is -3.35. The van der Waals surface area contributed by atoms with Crippen LogP contribution in [0.3, 0.4) is 0 Å². The molecule has 0 radical (unpaired) electrons. The van der Waals surface area contributed by atoms with Crippen LogP contribution in [0.2, 0.25) is 15.3 Å². The molecule has 0 spiro atoms. The van der Waals surface area contributed by atoms with E-state index in [-0.39, 0.29) is 22.0 Å². The zero-order chi connectivity index (χ0) is 26.9. The van der Waals surface area contributed by atoms with Gasteiger partial charge in [0.1, 0.15) is 10.2 Å². The number of anilines is 1. The number of carbonyl (C=O) groups is 1. The first kappa shape index (κ1) is 26.7. The molecule has 4 aromatic heterocycles. The number of alkyl halides is 2. The lowest BCUT2D eigenvalue weighted by atomic mass is 9.88. The van der Waals surface area contributed by atoms with Gasteiger partial charge < -0.3 is 10.1 Å². The summed E-state index contributed by atoms with van der Waals surface area (Å²) in [5.41, 5.74) is 2.14. The van der Waals surface area contributed by atoms with Crippen molar-refractivity contribution in [2.24, 2.45) is 4.99 Å². The summed E-state index contributed by atoms with van der Waals surface area (Å²) < 4.78 is 30.5. The molecule has 5 rings (SSSR count). The second-order valence-electron chi connectivity index (χ2n) is 8.55. The van der Waals surface area contributed by atoms with Crippen molar-refractivity contribution >= 4 is 64.6 Å². The number of pyridine rings is 1. The van der Waals surface area contributed by atoms with E-state index in [1.54, 1.807) is 22.8 Å². The lowest BCUT2D eigenvalue weighted by Crippen LogP contribution is -2.21. The third-order valence-corrected chi connectivity index (χ3v) is 6.15. The average Bonchev–Trinajstić information content (AvgIpc) is 3.49. The van der Waals surface area contributed by atoms with Crippen LogP contribution in [0.4, 0.5) is 20.3 Å². The number of ether oxygens (including phenoxy) is 1. The first-order chi connectivity index (χ1) is 17.5. The lowest BCUT2D eigenvalue weighted by Gasteiger charge is -2.19. The van der Waals surface area contributed by atoms with Crippen molar-refractivity contribution in [1.82, 2.24) is 29.8 Å². The summed E-state index contributed by atoms with van der Waals surface area (Å²) in [7, 11) is 0. The number of hydrogen-bond donors (Lipinski definition) is 2. The number of nitrogens with zero attached hydrogens (tertiary/aromatic N) is 6. The van der Waals surface area contributed by atoms with Crippen LogP contribution in [0.15, 0.2) is 35.6 Å². The Morgan fingerprint density at radius 3 is 2.62 bits per heavy atom. The summed E-state index contributed by atoms with van der Waals surface area (Å²) in [6.07, 6.45) is 3.39. The first-order valence-electron chi connectivity index (χ1n) is 10.6. The fourth-order valence-electron chi connectivity index (χ4n) is 4.07. The number of rotatable bonds is 5. The molecule has 4 aromatic rings. The van der Waals surface area contributed by atoms with Crippen molar-refractivity contribution in [2.75, 3.05) is 5.32 Å². The highest BCUT2D eigenvalue weighted by Gasteiger charge is 2.43. The maximum Gasteiger partial charge on any atom is 0.388 e. The molecule has 0 saturated carbocycles. The average molecular weight is 572 g/mol. The van der Waals surface area contributed by atoms with E-state index in [1.807, 2.05) is 13.8 Å². The van der Waals surface area contributed by atoms with Gasteiger partial charge in [-0.15, -0.1) is 0 Å². The number of aromatic nitrogens is 6. The number of H-pyrrole nitrogens is 1. The Bertz CT molecular complexity index is 1470. The van der Waals surface area contributed by atoms with Crippen LogP contribution >= 0.6 is 34.8 Å². The predicted molar refractivity (Wildman–Crippen MR) is 136 cm³/mol. The van der Waals surface area contributed by atoms with Gasteiger partial charge in [0.15, 0.2) is 16.6 Å². The molecule has 2 N–H and O–H groups in total. The normalized spacial score (nSPS) is 15.7. The summed E-state index contributed by atoms with van der Waals surface area (Å²) >= 11 is 17.4. The van der Waals surface area contributed by atoms with Crippen LogP contribution in [0.25, 0.3) is 5.65 Å². The number of nitrogens with one attached hydrogen (secondary N) is 2. The molecule has 0 bridgehead atoms. The van der Waals surface area contributed by atoms with Gasteiger partial charge >= 0.3 is 6.61 Å². The van der Waals surface area contributed by atoms with Crippen LogP contribution in [0, 0.1) is 0 Å². The van der Waals surface area contributed by atoms with Crippen LogP contribution in [0.1, 0.15) is 37.4 Å². The Kier molecular flexibility index (Phi) is 7.62. The number of aromatic amines is 1. The third kappa shape index (κ3) is 5.81. The van der Waals surface area contributed by atoms with E-state index in [0.717, 1.165) is 11.3 Å². The van der Waals surface area contributed by atoms with Gasteiger partial charge in [-0.3, -0.25) is 9.89 Å². The molecule has 0 fully saturated rings. The monoisotopic (exact) mass is 570 g/mol. The highest BCUT2D eigenvalue weighted by atomic mass is 35.5. The third-order valence-electron chi connectivity index (χ3n) is 5.50. The molecule has 1 aliphatic carbocycles. The van der Waals surface area contributed by atoms with Gasteiger partial charge in [0, 0.05) is 29.3 Å². The number of hydrogen-bond acceptors (Lipinski definition) is 7. The van der Waals surface area contributed by atoms with Gasteiger partial charge in [-0.05, 0) is 19.2 Å². The molecule has 4 heterocycles. The highest BCUT2D eigenvalue weighted by molar-refractivity contribution is 6.32. The maximum atomic E-state index is 13.0. The summed E-state index contributed by atoms with van der Waals surface area (Å²) in [6.45, 7) is 4.24. The van der Waals surface area contributed by atoms with E-state index >= 15 is 0 Å². The van der Waals surface area contributed by atoms with Crippen LogP contribution in [0.5, 0.6) is 5.88 Å². The molecule has 10 nitrogen and oxygen atoms in total. The summed E-state index contributed by atoms with van der Waals surface area (Å²) in [4.78, 5) is 24.6. The van der Waals surface area contributed by atoms with E-state index < -0.39 is 18.4 Å². The number of carbonyl (C=O) groups excluding carboxylic acids is 1. The minimum atomic E-state index is -3.04. The number of fused-ring (bicyclic) bond motifs is 3. The molecule has 194 valence electrons. The topological polar surface area (TPSA) is 122 Å². The molecule has 1 unspecified atom stereocenters. The number of aliphatic imine (C=N–C) groups is 1. The Balaban J connectivity index is 0.000000342. The molecular weight excluding hydrogens is 553 g/mol. The maximum absolute atomic E-state index is 13.0. The van der Waals surface area contributed by atoms with E-state index in [0.29, 0.717) is 28.2 Å². The van der Waals surface area contributed by atoms with Gasteiger partial charge in [-0.25, -0.2) is 19.5 Å². The zero-order valence-electron chi connectivity index (χ0n) is 19.3. The smallest absolute Gasteiger partial charge is 0.388 e. The standard InChI is InChI=1S/C18H15Cl2F2N5O2.C4H4ClN3/c1-18(2)5-9(10-7-23-13-4-12(20)26-27(13)14(10)18)15(28)25-8-3-11(19)16(24-6-8)29-17(21)22;1-6-4-2-3(5)7-8-4/h3-4,6-7,9,17H,5H2,1-2H3,(H,25,28);2H,1H2,(H,7,8). The van der Waals surface area contributed by atoms with E-state index in [2.05, 4.69) is 47.0 Å². The molecule has 37 heavy (non-hydrogen) atoms. The molecule has 1 amide bonds. The quantitative estimate of drug-likeness (QED) is 0.291. The van der Waals surface area contributed by atoms with E-state index in [4.69, 9.17) is 34.8 Å². The summed E-state index contributed by atoms with van der Waals surface area (Å²) in [5.74, 6) is -0.670. The summed E-state index contributed by atoms with van der Waals surface area (Å²) in [6, 6.07) is 4.55. The van der Waals surface area contributed by atoms with Gasteiger partial charge in [0.2, 0.25) is 11.8 Å². The molecule has 0 saturated heterocycles. The minimum absolute atomic E-state index is 0.134. The van der Waals surface area contributed by atoms with Crippen molar-refractivity contribution in [1.29, 1.82) is 0 Å². The SMILES string of the molecule is C=Nc1cc(Cl)[nH]n1.CC1(C)CC(C(=O)Nc2cnc(OC(F)F)c(Cl)c2)c2cnc3cc(Cl)nn3c21. The largest absolute Gasteiger partial charge is 0.415 e. The van der Waals surface area contributed by atoms with Crippen molar-refractivity contribution < 1.29 is 18.3 Å². The summed E-state index contributed by atoms with van der Waals surface area (Å²) in [5, 5.41) is 13.8. The van der Waals surface area contributed by atoms with Crippen LogP contribution < -0.4 is 10.1 Å². The van der Waals surface area contributed by atoms with Crippen molar-refractivity contribution in [2.45, 2.75) is 38.2 Å². The highest BCUT2D eigenvalue weighted by Crippen LogP contribution is 2.46. The van der Waals surface area contributed by atoms with Gasteiger partial charge in [-0.2, -0.15) is 19.0 Å². The molecule has 0 aliphatic heterocycles. The molecule has 1 atom stereocenters. The Morgan fingerprint density at radius 1 is 1.27 bits per heavy atom. The molecular formula is C22H19Cl3F2N8O2. The fraction of sp³-hybridized carbons (Fsp3) is 0.273. The van der Waals surface area contributed by atoms with Gasteiger partial charge in [-0.1, -0.05) is 48.7 Å². The first-order valence-corrected chi connectivity index (χ1v) is 11.8.